The molecule has 0 saturated carbocycles. The fourth-order valence-corrected chi connectivity index (χ4v) is 3.00. The smallest absolute Gasteiger partial charge is 0.0625 e. The van der Waals surface area contributed by atoms with Crippen LogP contribution in [0.4, 0.5) is 0 Å². The topological polar surface area (TPSA) is 29.9 Å². The van der Waals surface area contributed by atoms with Crippen LogP contribution >= 0.6 is 11.3 Å². The summed E-state index contributed by atoms with van der Waals surface area (Å²) in [6, 6.07) is 4.41. The normalized spacial score (nSPS) is 11.1. The molecule has 0 aliphatic rings. The predicted octanol–water partition coefficient (Wildman–Crippen LogP) is 2.90. The van der Waals surface area contributed by atoms with Crippen LogP contribution < -0.4 is 5.32 Å². The molecule has 0 aromatic carbocycles. The standard InChI is InChI=1S/C14H21N3S/c1-4-11-6-7-18-14(11)10-15-9-13-8-12(5-2)16-17(13)3/h6-8,15H,4-5,9-10H2,1-3H3. The van der Waals surface area contributed by atoms with Crippen molar-refractivity contribution in [2.75, 3.05) is 0 Å². The second kappa shape index (κ2) is 6.16. The maximum Gasteiger partial charge on any atom is 0.0625 e. The first-order valence-corrected chi connectivity index (χ1v) is 7.40. The number of rotatable bonds is 6. The number of aryl methyl sites for hydroxylation is 3. The largest absolute Gasteiger partial charge is 0.306 e. The minimum atomic E-state index is 0.880. The maximum absolute atomic E-state index is 4.46. The van der Waals surface area contributed by atoms with Gasteiger partial charge in [-0.1, -0.05) is 13.8 Å². The highest BCUT2D eigenvalue weighted by atomic mass is 32.1. The third-order valence-electron chi connectivity index (χ3n) is 3.20. The monoisotopic (exact) mass is 263 g/mol. The van der Waals surface area contributed by atoms with E-state index in [9.17, 15) is 0 Å². The van der Waals surface area contributed by atoms with E-state index in [1.807, 2.05) is 23.1 Å². The van der Waals surface area contributed by atoms with Crippen LogP contribution in [0.25, 0.3) is 0 Å². The summed E-state index contributed by atoms with van der Waals surface area (Å²) < 4.78 is 1.97. The zero-order chi connectivity index (χ0) is 13.0. The van der Waals surface area contributed by atoms with Crippen molar-refractivity contribution in [2.45, 2.75) is 39.8 Å². The van der Waals surface area contributed by atoms with Gasteiger partial charge in [0.1, 0.15) is 0 Å². The molecule has 0 radical (unpaired) electrons. The summed E-state index contributed by atoms with van der Waals surface area (Å²) in [5.41, 5.74) is 3.88. The molecule has 98 valence electrons. The highest BCUT2D eigenvalue weighted by Gasteiger charge is 2.05. The third kappa shape index (κ3) is 3.00. The molecule has 0 spiro atoms. The molecule has 18 heavy (non-hydrogen) atoms. The van der Waals surface area contributed by atoms with Gasteiger partial charge in [-0.15, -0.1) is 11.3 Å². The van der Waals surface area contributed by atoms with Crippen LogP contribution in [0.2, 0.25) is 0 Å². The van der Waals surface area contributed by atoms with Crippen LogP contribution in [-0.4, -0.2) is 9.78 Å². The fourth-order valence-electron chi connectivity index (χ4n) is 2.05. The van der Waals surface area contributed by atoms with Crippen LogP contribution in [0.5, 0.6) is 0 Å². The Labute approximate surface area is 113 Å². The van der Waals surface area contributed by atoms with Gasteiger partial charge in [0, 0.05) is 25.0 Å². The second-order valence-corrected chi connectivity index (χ2v) is 5.43. The van der Waals surface area contributed by atoms with Crippen LogP contribution in [-0.2, 0) is 33.0 Å². The number of nitrogens with zero attached hydrogens (tertiary/aromatic N) is 2. The zero-order valence-corrected chi connectivity index (χ0v) is 12.2. The van der Waals surface area contributed by atoms with Crippen molar-refractivity contribution in [3.05, 3.63) is 39.3 Å². The van der Waals surface area contributed by atoms with Crippen molar-refractivity contribution < 1.29 is 0 Å². The molecule has 2 aromatic rings. The maximum atomic E-state index is 4.46. The number of thiophene rings is 1. The third-order valence-corrected chi connectivity index (χ3v) is 4.16. The highest BCUT2D eigenvalue weighted by molar-refractivity contribution is 7.10. The van der Waals surface area contributed by atoms with Crippen molar-refractivity contribution in [2.24, 2.45) is 7.05 Å². The Morgan fingerprint density at radius 2 is 2.11 bits per heavy atom. The molecule has 2 aromatic heterocycles. The van der Waals surface area contributed by atoms with Gasteiger partial charge in [0.2, 0.25) is 0 Å². The number of hydrogen-bond donors (Lipinski definition) is 1. The molecule has 2 rings (SSSR count). The van der Waals surface area contributed by atoms with Crippen LogP contribution in [0.15, 0.2) is 17.5 Å². The number of nitrogens with one attached hydrogen (secondary N) is 1. The van der Waals surface area contributed by atoms with Gasteiger partial charge in [0.25, 0.3) is 0 Å². The second-order valence-electron chi connectivity index (χ2n) is 4.43. The lowest BCUT2D eigenvalue weighted by atomic mass is 10.2. The lowest BCUT2D eigenvalue weighted by Crippen LogP contribution is -2.15. The fraction of sp³-hybridized carbons (Fsp3) is 0.500. The molecule has 0 fully saturated rings. The van der Waals surface area contributed by atoms with Gasteiger partial charge in [-0.05, 0) is 35.9 Å². The molecule has 3 nitrogen and oxygen atoms in total. The molecule has 0 unspecified atom stereocenters. The SMILES string of the molecule is CCc1cc(CNCc2sccc2CC)n(C)n1. The van der Waals surface area contributed by atoms with E-state index in [1.54, 1.807) is 0 Å². The van der Waals surface area contributed by atoms with Gasteiger partial charge < -0.3 is 5.32 Å². The lowest BCUT2D eigenvalue weighted by Gasteiger charge is -2.05. The Hall–Kier alpha value is -1.13. The quantitative estimate of drug-likeness (QED) is 0.868. The Kier molecular flexibility index (Phi) is 4.55. The van der Waals surface area contributed by atoms with E-state index >= 15 is 0 Å². The van der Waals surface area contributed by atoms with E-state index in [4.69, 9.17) is 0 Å². The molecular weight excluding hydrogens is 242 g/mol. The summed E-state index contributed by atoms with van der Waals surface area (Å²) in [4.78, 5) is 1.45. The minimum absolute atomic E-state index is 0.880. The molecule has 0 aliphatic carbocycles. The van der Waals surface area contributed by atoms with E-state index in [1.165, 1.54) is 21.8 Å². The van der Waals surface area contributed by atoms with E-state index in [0.717, 1.165) is 25.9 Å². The zero-order valence-electron chi connectivity index (χ0n) is 11.4. The Morgan fingerprint density at radius 1 is 1.28 bits per heavy atom. The summed E-state index contributed by atoms with van der Waals surface area (Å²) >= 11 is 1.84. The first kappa shape index (κ1) is 13.3. The lowest BCUT2D eigenvalue weighted by molar-refractivity contribution is 0.625. The Bertz CT molecular complexity index is 499. The van der Waals surface area contributed by atoms with Gasteiger partial charge in [-0.25, -0.2) is 0 Å². The van der Waals surface area contributed by atoms with Crippen molar-refractivity contribution in [3.63, 3.8) is 0 Å². The molecule has 2 heterocycles. The van der Waals surface area contributed by atoms with E-state index < -0.39 is 0 Å². The van der Waals surface area contributed by atoms with E-state index in [2.05, 4.69) is 41.8 Å². The Morgan fingerprint density at radius 3 is 2.78 bits per heavy atom. The minimum Gasteiger partial charge on any atom is -0.306 e. The van der Waals surface area contributed by atoms with Crippen LogP contribution in [0.1, 0.15) is 35.7 Å². The summed E-state index contributed by atoms with van der Waals surface area (Å²) in [5, 5.41) is 10.1. The molecule has 0 atom stereocenters. The molecule has 0 saturated heterocycles. The van der Waals surface area contributed by atoms with Gasteiger partial charge in [-0.3, -0.25) is 4.68 Å². The molecule has 0 aliphatic heterocycles. The van der Waals surface area contributed by atoms with Crippen molar-refractivity contribution in [1.82, 2.24) is 15.1 Å². The van der Waals surface area contributed by atoms with Crippen molar-refractivity contribution in [1.29, 1.82) is 0 Å². The number of aromatic nitrogens is 2. The molecule has 0 amide bonds. The van der Waals surface area contributed by atoms with Crippen LogP contribution in [0.3, 0.4) is 0 Å². The molecule has 4 heteroatoms. The highest BCUT2D eigenvalue weighted by Crippen LogP contribution is 2.17. The molecule has 0 bridgehead atoms. The van der Waals surface area contributed by atoms with Gasteiger partial charge >= 0.3 is 0 Å². The first-order chi connectivity index (χ1) is 8.74. The average molecular weight is 263 g/mol. The summed E-state index contributed by atoms with van der Waals surface area (Å²) in [5.74, 6) is 0. The van der Waals surface area contributed by atoms with Gasteiger partial charge in [0.15, 0.2) is 0 Å². The molecular formula is C14H21N3S. The average Bonchev–Trinajstić information content (AvgIpc) is 2.96. The van der Waals surface area contributed by atoms with Gasteiger partial charge in [0.05, 0.1) is 11.4 Å². The summed E-state index contributed by atoms with van der Waals surface area (Å²) in [6.07, 6.45) is 2.12. The van der Waals surface area contributed by atoms with E-state index in [0.29, 0.717) is 0 Å². The summed E-state index contributed by atoms with van der Waals surface area (Å²) in [6.45, 7) is 6.18. The predicted molar refractivity (Wildman–Crippen MR) is 76.8 cm³/mol. The van der Waals surface area contributed by atoms with Crippen molar-refractivity contribution in [3.8, 4) is 0 Å². The van der Waals surface area contributed by atoms with Crippen LogP contribution in [0, 0.1) is 0 Å². The van der Waals surface area contributed by atoms with E-state index in [-0.39, 0.29) is 0 Å². The number of hydrogen-bond acceptors (Lipinski definition) is 3. The van der Waals surface area contributed by atoms with Crippen molar-refractivity contribution >= 4 is 11.3 Å². The van der Waals surface area contributed by atoms with Gasteiger partial charge in [-0.2, -0.15) is 5.10 Å². The first-order valence-electron chi connectivity index (χ1n) is 6.52. The summed E-state index contributed by atoms with van der Waals surface area (Å²) in [7, 11) is 2.01. The Balaban J connectivity index is 1.90. The molecule has 1 N–H and O–H groups in total.